The summed E-state index contributed by atoms with van der Waals surface area (Å²) in [5, 5.41) is 4.31. The van der Waals surface area contributed by atoms with E-state index in [9.17, 15) is 0 Å². The maximum Gasteiger partial charge on any atom is 0.125 e. The number of alkyl halides is 1. The third-order valence-electron chi connectivity index (χ3n) is 8.18. The Labute approximate surface area is 280 Å². The van der Waals surface area contributed by atoms with Gasteiger partial charge in [-0.1, -0.05) is 129 Å². The van der Waals surface area contributed by atoms with Crippen LogP contribution in [0.1, 0.15) is 82.2 Å². The summed E-state index contributed by atoms with van der Waals surface area (Å²) in [5.41, 5.74) is 2.99. The molecule has 1 nitrogen and oxygen atoms in total. The molecule has 4 heteroatoms. The lowest BCUT2D eigenvalue weighted by Crippen LogP contribution is -2.23. The summed E-state index contributed by atoms with van der Waals surface area (Å²) in [4.78, 5) is 1.61. The van der Waals surface area contributed by atoms with Gasteiger partial charge in [0.05, 0.1) is 19.4 Å². The number of halogens is 1. The van der Waals surface area contributed by atoms with Crippen molar-refractivity contribution < 1.29 is 4.74 Å². The molecule has 0 saturated carbocycles. The van der Waals surface area contributed by atoms with Gasteiger partial charge in [-0.2, -0.15) is 0 Å². The molecule has 44 heavy (non-hydrogen) atoms. The topological polar surface area (TPSA) is 9.23 Å². The highest BCUT2D eigenvalue weighted by atomic mass is 79.9. The van der Waals surface area contributed by atoms with Crippen molar-refractivity contribution in [3.8, 4) is 5.75 Å². The Balaban J connectivity index is 0.000000208. The molecule has 0 N–H and O–H groups in total. The highest BCUT2D eigenvalue weighted by molar-refractivity contribution is 9.09. The second-order valence-corrected chi connectivity index (χ2v) is 16.6. The summed E-state index contributed by atoms with van der Waals surface area (Å²) in [7, 11) is -0.877. The molecule has 1 heterocycles. The SMILES string of the molecule is C/C=C/C(Br)c1cc2c(cc1OCCCCCCC)SCCC2(C)C.c1ccc([PH+](c2ccccc2)c2ccccc2)cc1. The zero-order chi connectivity index (χ0) is 31.2. The molecule has 0 aliphatic carbocycles. The molecular weight excluding hydrogens is 639 g/mol. The van der Waals surface area contributed by atoms with Gasteiger partial charge in [-0.15, -0.1) is 11.8 Å². The summed E-state index contributed by atoms with van der Waals surface area (Å²) >= 11 is 5.81. The first-order chi connectivity index (χ1) is 21.4. The van der Waals surface area contributed by atoms with E-state index < -0.39 is 7.92 Å². The average molecular weight is 689 g/mol. The summed E-state index contributed by atoms with van der Waals surface area (Å²) in [5.74, 6) is 2.25. The molecule has 0 aromatic heterocycles. The van der Waals surface area contributed by atoms with E-state index in [0.29, 0.717) is 0 Å². The third kappa shape index (κ3) is 9.84. The van der Waals surface area contributed by atoms with Gasteiger partial charge in [-0.25, -0.2) is 0 Å². The second-order valence-electron chi connectivity index (χ2n) is 12.0. The maximum atomic E-state index is 6.24. The standard InChI is InChI=1S/C22H33BrOS.C18H15P/c1-5-7-8-9-10-13-24-20-16-21-18(22(3,4)12-14-25-21)15-17(20)19(23)11-6-2;1-4-10-16(11-5-1)19(17-12-6-2-7-13-17)18-14-8-3-9-15-18/h6,11,15-16,19H,5,7-10,12-14H2,1-4H3;1-15H/p+1/b11-6+;. The lowest BCUT2D eigenvalue weighted by atomic mass is 9.80. The quantitative estimate of drug-likeness (QED) is 0.0634. The largest absolute Gasteiger partial charge is 0.493 e. The van der Waals surface area contributed by atoms with Crippen molar-refractivity contribution in [2.45, 2.75) is 81.4 Å². The van der Waals surface area contributed by atoms with Gasteiger partial charge < -0.3 is 4.74 Å². The van der Waals surface area contributed by atoms with E-state index in [-0.39, 0.29) is 10.2 Å². The van der Waals surface area contributed by atoms with E-state index in [1.165, 1.54) is 69.8 Å². The molecule has 0 spiro atoms. The van der Waals surface area contributed by atoms with E-state index in [0.717, 1.165) is 18.8 Å². The van der Waals surface area contributed by atoms with Gasteiger partial charge in [-0.3, -0.25) is 0 Å². The molecule has 0 fully saturated rings. The number of ether oxygens (including phenoxy) is 1. The molecule has 0 radical (unpaired) electrons. The zero-order valence-electron chi connectivity index (χ0n) is 26.9. The molecule has 1 aliphatic heterocycles. The molecule has 0 amide bonds. The highest BCUT2D eigenvalue weighted by Crippen LogP contribution is 2.46. The normalized spacial score (nSPS) is 14.5. The van der Waals surface area contributed by atoms with Gasteiger partial charge in [0.2, 0.25) is 0 Å². The van der Waals surface area contributed by atoms with E-state index in [1.54, 1.807) is 0 Å². The number of hydrogen-bond acceptors (Lipinski definition) is 2. The van der Waals surface area contributed by atoms with Crippen molar-refractivity contribution in [2.75, 3.05) is 12.4 Å². The van der Waals surface area contributed by atoms with Gasteiger partial charge in [-0.05, 0) is 85.0 Å². The minimum absolute atomic E-state index is 0.209. The molecule has 1 atom stereocenters. The Morgan fingerprint density at radius 2 is 1.36 bits per heavy atom. The molecule has 5 rings (SSSR count). The Bertz CT molecular complexity index is 1330. The van der Waals surface area contributed by atoms with Crippen LogP contribution in [-0.2, 0) is 5.41 Å². The van der Waals surface area contributed by atoms with Crippen molar-refractivity contribution in [3.63, 3.8) is 0 Å². The molecule has 0 saturated heterocycles. The monoisotopic (exact) mass is 687 g/mol. The first-order valence-electron chi connectivity index (χ1n) is 16.2. The zero-order valence-corrected chi connectivity index (χ0v) is 30.3. The molecule has 232 valence electrons. The van der Waals surface area contributed by atoms with Crippen LogP contribution in [0.3, 0.4) is 0 Å². The number of hydrogen-bond donors (Lipinski definition) is 0. The van der Waals surface area contributed by atoms with Crippen LogP contribution in [0.25, 0.3) is 0 Å². The van der Waals surface area contributed by atoms with Crippen molar-refractivity contribution in [1.29, 1.82) is 0 Å². The van der Waals surface area contributed by atoms with Gasteiger partial charge in [0.1, 0.15) is 21.7 Å². The van der Waals surface area contributed by atoms with Crippen LogP contribution in [0.2, 0.25) is 0 Å². The van der Waals surface area contributed by atoms with E-state index in [2.05, 4.69) is 159 Å². The van der Waals surface area contributed by atoms with E-state index in [4.69, 9.17) is 4.74 Å². The first-order valence-corrected chi connectivity index (χ1v) is 19.6. The van der Waals surface area contributed by atoms with Crippen LogP contribution in [0.4, 0.5) is 0 Å². The van der Waals surface area contributed by atoms with Gasteiger partial charge >= 0.3 is 0 Å². The molecule has 4 aromatic carbocycles. The molecule has 0 bridgehead atoms. The fourth-order valence-electron chi connectivity index (χ4n) is 5.59. The van der Waals surface area contributed by atoms with E-state index >= 15 is 0 Å². The Kier molecular flexibility index (Phi) is 14.1. The lowest BCUT2D eigenvalue weighted by molar-refractivity contribution is 0.301. The maximum absolute atomic E-state index is 6.24. The number of rotatable bonds is 12. The Hall–Kier alpha value is -2.32. The molecule has 1 unspecified atom stereocenters. The first kappa shape index (κ1) is 34.6. The minimum atomic E-state index is -0.877. The van der Waals surface area contributed by atoms with Crippen molar-refractivity contribution in [2.24, 2.45) is 0 Å². The molecular formula is C40H49BrOPS+. The summed E-state index contributed by atoms with van der Waals surface area (Å²) < 4.78 is 6.24. The predicted molar refractivity (Wildman–Crippen MR) is 202 cm³/mol. The third-order valence-corrected chi connectivity index (χ3v) is 12.8. The Morgan fingerprint density at radius 1 is 0.818 bits per heavy atom. The Morgan fingerprint density at radius 3 is 1.89 bits per heavy atom. The fourth-order valence-corrected chi connectivity index (χ4v) is 10.3. The smallest absolute Gasteiger partial charge is 0.125 e. The number of unbranched alkanes of at least 4 members (excludes halogenated alkanes) is 4. The summed E-state index contributed by atoms with van der Waals surface area (Å²) in [6.45, 7) is 9.87. The van der Waals surface area contributed by atoms with Crippen molar-refractivity contribution in [3.05, 3.63) is 126 Å². The summed E-state index contributed by atoms with van der Waals surface area (Å²) in [6, 6.07) is 37.2. The van der Waals surface area contributed by atoms with Crippen LogP contribution in [0.15, 0.2) is 120 Å². The van der Waals surface area contributed by atoms with Crippen molar-refractivity contribution >= 4 is 51.5 Å². The van der Waals surface area contributed by atoms with Crippen LogP contribution in [-0.4, -0.2) is 12.4 Å². The van der Waals surface area contributed by atoms with E-state index in [1.807, 2.05) is 11.8 Å². The predicted octanol–water partition coefficient (Wildman–Crippen LogP) is 11.0. The number of thioether (sulfide) groups is 1. The fraction of sp³-hybridized carbons (Fsp3) is 0.350. The van der Waals surface area contributed by atoms with Gasteiger partial charge in [0, 0.05) is 10.5 Å². The second kappa shape index (κ2) is 18.0. The number of allylic oxidation sites excluding steroid dienone is 2. The van der Waals surface area contributed by atoms with Gasteiger partial charge in [0.25, 0.3) is 0 Å². The van der Waals surface area contributed by atoms with Gasteiger partial charge in [0.15, 0.2) is 0 Å². The van der Waals surface area contributed by atoms with Crippen LogP contribution >= 0.6 is 35.6 Å². The van der Waals surface area contributed by atoms with Crippen LogP contribution in [0, 0.1) is 0 Å². The number of fused-ring (bicyclic) bond motifs is 1. The van der Waals surface area contributed by atoms with Crippen LogP contribution < -0.4 is 20.7 Å². The number of benzene rings is 4. The van der Waals surface area contributed by atoms with Crippen molar-refractivity contribution in [1.82, 2.24) is 0 Å². The average Bonchev–Trinajstić information content (AvgIpc) is 3.04. The molecule has 4 aromatic rings. The lowest BCUT2D eigenvalue weighted by Gasteiger charge is -2.33. The molecule has 1 aliphatic rings. The highest BCUT2D eigenvalue weighted by Gasteiger charge is 2.30. The minimum Gasteiger partial charge on any atom is -0.493 e. The van der Waals surface area contributed by atoms with Crippen LogP contribution in [0.5, 0.6) is 5.75 Å². The summed E-state index contributed by atoms with van der Waals surface area (Å²) in [6.07, 6.45) is 11.9.